The van der Waals surface area contributed by atoms with Crippen LogP contribution in [0.5, 0.6) is 0 Å². The van der Waals surface area contributed by atoms with Crippen molar-refractivity contribution < 1.29 is 17.9 Å². The third-order valence-electron chi connectivity index (χ3n) is 5.78. The third-order valence-corrected chi connectivity index (χ3v) is 7.20. The first-order chi connectivity index (χ1) is 13.5. The predicted molar refractivity (Wildman–Crippen MR) is 105 cm³/mol. The summed E-state index contributed by atoms with van der Waals surface area (Å²) in [6, 6.07) is 8.37. The lowest BCUT2D eigenvalue weighted by molar-refractivity contribution is -0.131. The fourth-order valence-electron chi connectivity index (χ4n) is 4.10. The Bertz CT molecular complexity index is 857. The van der Waals surface area contributed by atoms with Gasteiger partial charge in [-0.1, -0.05) is 31.4 Å². The molecule has 0 radical (unpaired) electrons. The van der Waals surface area contributed by atoms with Crippen LogP contribution in [0, 0.1) is 11.3 Å². The molecule has 150 valence electrons. The first-order valence-corrected chi connectivity index (χ1v) is 11.3. The normalized spacial score (nSPS) is 20.5. The number of allylic oxidation sites excluding steroid dienone is 1. The minimum atomic E-state index is -3.66. The van der Waals surface area contributed by atoms with Crippen LogP contribution in [0.4, 0.5) is 0 Å². The van der Waals surface area contributed by atoms with Crippen LogP contribution >= 0.6 is 0 Å². The Kier molecular flexibility index (Phi) is 6.53. The lowest BCUT2D eigenvalue weighted by Gasteiger charge is -2.38. The van der Waals surface area contributed by atoms with Crippen molar-refractivity contribution in [2.24, 2.45) is 0 Å². The lowest BCUT2D eigenvalue weighted by atomic mass is 9.73. The summed E-state index contributed by atoms with van der Waals surface area (Å²) in [4.78, 5) is 13.4. The summed E-state index contributed by atoms with van der Waals surface area (Å²) in [5.74, 6) is 0.0164. The molecule has 3 rings (SSSR count). The molecule has 0 atom stereocenters. The Labute approximate surface area is 166 Å². The van der Waals surface area contributed by atoms with Crippen molar-refractivity contribution in [3.05, 3.63) is 41.3 Å². The fraction of sp³-hybridized carbons (Fsp3) is 0.524. The largest absolute Gasteiger partial charge is 0.381 e. The van der Waals surface area contributed by atoms with Crippen LogP contribution < -0.4 is 5.32 Å². The van der Waals surface area contributed by atoms with E-state index in [4.69, 9.17) is 10.00 Å². The molecule has 7 heteroatoms. The lowest BCUT2D eigenvalue weighted by Crippen LogP contribution is -2.51. The second kappa shape index (κ2) is 8.89. The van der Waals surface area contributed by atoms with Gasteiger partial charge in [-0.3, -0.25) is 4.79 Å². The summed E-state index contributed by atoms with van der Waals surface area (Å²) in [6.45, 7) is 1.01. The average molecular weight is 403 g/mol. The van der Waals surface area contributed by atoms with Gasteiger partial charge in [0, 0.05) is 30.7 Å². The maximum atomic E-state index is 13.3. The zero-order valence-corrected chi connectivity index (χ0v) is 16.7. The Balaban J connectivity index is 1.86. The van der Waals surface area contributed by atoms with Crippen LogP contribution in [-0.2, 0) is 24.8 Å². The number of hydrogen-bond donors (Lipinski definition) is 1. The number of amides is 1. The number of ether oxygens (including phenoxy) is 1. The highest BCUT2D eigenvalue weighted by Crippen LogP contribution is 2.36. The van der Waals surface area contributed by atoms with E-state index in [1.165, 1.54) is 18.6 Å². The molecule has 1 amide bonds. The van der Waals surface area contributed by atoms with Crippen LogP contribution in [0.1, 0.15) is 50.5 Å². The van der Waals surface area contributed by atoms with Gasteiger partial charge in [-0.2, -0.15) is 5.26 Å². The smallest absolute Gasteiger partial charge is 0.231 e. The van der Waals surface area contributed by atoms with E-state index in [0.29, 0.717) is 26.1 Å². The topological polar surface area (TPSA) is 96.3 Å². The van der Waals surface area contributed by atoms with E-state index in [0.717, 1.165) is 42.7 Å². The molecule has 2 aliphatic rings. The van der Waals surface area contributed by atoms with Gasteiger partial charge in [0.05, 0.1) is 16.4 Å². The number of benzene rings is 1. The first-order valence-electron chi connectivity index (χ1n) is 9.78. The zero-order valence-electron chi connectivity index (χ0n) is 15.9. The fourth-order valence-corrected chi connectivity index (χ4v) is 5.01. The van der Waals surface area contributed by atoms with Gasteiger partial charge >= 0.3 is 0 Å². The number of nitrogens with one attached hydrogen (secondary N) is 1. The molecule has 0 aromatic heterocycles. The minimum Gasteiger partial charge on any atom is -0.381 e. The van der Waals surface area contributed by atoms with Crippen molar-refractivity contribution in [3.63, 3.8) is 0 Å². The van der Waals surface area contributed by atoms with Gasteiger partial charge in [0.25, 0.3) is 0 Å². The van der Waals surface area contributed by atoms with E-state index in [2.05, 4.69) is 5.32 Å². The van der Waals surface area contributed by atoms with Gasteiger partial charge < -0.3 is 10.1 Å². The van der Waals surface area contributed by atoms with Crippen molar-refractivity contribution in [3.8, 4) is 6.07 Å². The summed E-state index contributed by atoms with van der Waals surface area (Å²) < 4.78 is 29.9. The molecule has 2 fully saturated rings. The van der Waals surface area contributed by atoms with Crippen molar-refractivity contribution in [1.82, 2.24) is 5.32 Å². The van der Waals surface area contributed by atoms with Gasteiger partial charge in [-0.15, -0.1) is 0 Å². The maximum absolute atomic E-state index is 13.3. The van der Waals surface area contributed by atoms with Gasteiger partial charge in [0.2, 0.25) is 15.7 Å². The Hall–Kier alpha value is -2.17. The highest BCUT2D eigenvalue weighted by molar-refractivity contribution is 7.94. The molecule has 6 nitrogen and oxygen atoms in total. The minimum absolute atomic E-state index is 0.0164. The van der Waals surface area contributed by atoms with Crippen molar-refractivity contribution in [2.45, 2.75) is 61.3 Å². The van der Waals surface area contributed by atoms with Crippen LogP contribution in [-0.4, -0.2) is 33.6 Å². The molecule has 1 saturated heterocycles. The van der Waals surface area contributed by atoms with Crippen LogP contribution in [0.3, 0.4) is 0 Å². The molecule has 1 aromatic carbocycles. The highest BCUT2D eigenvalue weighted by atomic mass is 32.2. The average Bonchev–Trinajstić information content (AvgIpc) is 2.73. The van der Waals surface area contributed by atoms with E-state index in [-0.39, 0.29) is 16.8 Å². The number of carbonyl (C=O) groups is 1. The van der Waals surface area contributed by atoms with Gasteiger partial charge in [-0.25, -0.2) is 8.42 Å². The van der Waals surface area contributed by atoms with Crippen LogP contribution in [0.15, 0.2) is 40.6 Å². The number of hydrogen-bond acceptors (Lipinski definition) is 5. The molecule has 1 saturated carbocycles. The highest BCUT2D eigenvalue weighted by Gasteiger charge is 2.42. The molecular weight excluding hydrogens is 376 g/mol. The van der Waals surface area contributed by atoms with Gasteiger partial charge in [0.1, 0.15) is 0 Å². The molecular formula is C21H26N2O4S. The molecule has 1 aromatic rings. The molecule has 0 bridgehead atoms. The van der Waals surface area contributed by atoms with Crippen molar-refractivity contribution >= 4 is 15.7 Å². The van der Waals surface area contributed by atoms with E-state index in [9.17, 15) is 13.2 Å². The molecule has 1 aliphatic carbocycles. The number of sulfone groups is 1. The number of carbonyl (C=O) groups excluding carboxylic acids is 1. The maximum Gasteiger partial charge on any atom is 0.231 e. The van der Waals surface area contributed by atoms with Gasteiger partial charge in [-0.05, 0) is 43.4 Å². The molecule has 1 heterocycles. The molecule has 0 spiro atoms. The second-order valence-electron chi connectivity index (χ2n) is 7.50. The Morgan fingerprint density at radius 1 is 1.14 bits per heavy atom. The van der Waals surface area contributed by atoms with Crippen molar-refractivity contribution in [1.29, 1.82) is 5.26 Å². The van der Waals surface area contributed by atoms with Crippen LogP contribution in [0.2, 0.25) is 0 Å². The molecule has 1 N–H and O–H groups in total. The summed E-state index contributed by atoms with van der Waals surface area (Å²) in [7, 11) is -3.66. The SMILES string of the molecule is N#C/C=C/S(=O)(=O)c1ccc(C2(C(=O)NC3CCCCC3)CCOCC2)cc1. The van der Waals surface area contributed by atoms with Crippen molar-refractivity contribution in [2.75, 3.05) is 13.2 Å². The zero-order chi connectivity index (χ0) is 20.0. The van der Waals surface area contributed by atoms with E-state index < -0.39 is 15.3 Å². The van der Waals surface area contributed by atoms with Gasteiger partial charge in [0.15, 0.2) is 0 Å². The van der Waals surface area contributed by atoms with Crippen LogP contribution in [0.25, 0.3) is 0 Å². The first kappa shape index (κ1) is 20.6. The second-order valence-corrected chi connectivity index (χ2v) is 9.34. The summed E-state index contributed by atoms with van der Waals surface area (Å²) in [5.41, 5.74) is 0.118. The summed E-state index contributed by atoms with van der Waals surface area (Å²) in [6.07, 6.45) is 7.63. The van der Waals surface area contributed by atoms with E-state index in [1.807, 2.05) is 0 Å². The number of rotatable bonds is 5. The number of nitriles is 1. The number of nitrogens with zero attached hydrogens (tertiary/aromatic N) is 1. The predicted octanol–water partition coefficient (Wildman–Crippen LogP) is 2.99. The third kappa shape index (κ3) is 4.45. The summed E-state index contributed by atoms with van der Waals surface area (Å²) in [5, 5.41) is 12.7. The quantitative estimate of drug-likeness (QED) is 0.764. The van der Waals surface area contributed by atoms with E-state index >= 15 is 0 Å². The monoisotopic (exact) mass is 402 g/mol. The standard InChI is InChI=1S/C21H26N2O4S/c22-13-4-16-28(25,26)19-9-7-17(8-10-19)21(11-14-27-15-12-21)20(24)23-18-5-2-1-3-6-18/h4,7-10,16,18H,1-3,5-6,11-12,14-15H2,(H,23,24)/b16-4+. The molecule has 28 heavy (non-hydrogen) atoms. The summed E-state index contributed by atoms with van der Waals surface area (Å²) >= 11 is 0. The van der Waals surface area contributed by atoms with E-state index in [1.54, 1.807) is 18.2 Å². The Morgan fingerprint density at radius 2 is 1.79 bits per heavy atom. The molecule has 0 unspecified atom stereocenters. The molecule has 1 aliphatic heterocycles. The Morgan fingerprint density at radius 3 is 2.39 bits per heavy atom.